The Bertz CT molecular complexity index is 614. The van der Waals surface area contributed by atoms with Crippen LogP contribution < -0.4 is 0 Å². The molecule has 22 heavy (non-hydrogen) atoms. The van der Waals surface area contributed by atoms with Gasteiger partial charge >= 0.3 is 0 Å². The molecule has 0 radical (unpaired) electrons. The number of fused-ring (bicyclic) bond motifs is 2. The minimum absolute atomic E-state index is 0.124. The molecule has 0 spiro atoms. The first-order chi connectivity index (χ1) is 10.4. The Kier molecular flexibility index (Phi) is 3.57. The first kappa shape index (κ1) is 15.2. The van der Waals surface area contributed by atoms with E-state index in [1.54, 1.807) is 18.2 Å². The summed E-state index contributed by atoms with van der Waals surface area (Å²) in [6.45, 7) is 4.04. The quantitative estimate of drug-likeness (QED) is 0.348. The summed E-state index contributed by atoms with van der Waals surface area (Å²) in [5.41, 5.74) is -1.45. The zero-order chi connectivity index (χ0) is 16.1. The van der Waals surface area contributed by atoms with E-state index >= 15 is 0 Å². The maximum Gasteiger partial charge on any atom is 0.178 e. The van der Waals surface area contributed by atoms with Crippen LogP contribution in [0.25, 0.3) is 0 Å². The Morgan fingerprint density at radius 2 is 2.09 bits per heavy atom. The van der Waals surface area contributed by atoms with Gasteiger partial charge in [-0.05, 0) is 39.3 Å². The zero-order valence-corrected chi connectivity index (χ0v) is 12.8. The smallest absolute Gasteiger partial charge is 0.178 e. The van der Waals surface area contributed by atoms with Crippen LogP contribution in [0.15, 0.2) is 35.6 Å². The predicted molar refractivity (Wildman–Crippen MR) is 81.3 cm³/mol. The molecule has 4 aliphatic rings. The van der Waals surface area contributed by atoms with Crippen molar-refractivity contribution in [3.63, 3.8) is 0 Å². The SMILES string of the molecule is C/C=C/C=C/C(O)=C1/C(=O)C2C(=O)[C@](C)(O)C1N1CCC[C@H]21. The summed E-state index contributed by atoms with van der Waals surface area (Å²) in [6, 6.07) is -0.874. The molecule has 0 amide bonds. The molecule has 2 unspecified atom stereocenters. The van der Waals surface area contributed by atoms with Gasteiger partial charge in [0, 0.05) is 6.04 Å². The first-order valence-corrected chi connectivity index (χ1v) is 7.70. The molecule has 1 aliphatic carbocycles. The second-order valence-corrected chi connectivity index (χ2v) is 6.39. The van der Waals surface area contributed by atoms with Crippen molar-refractivity contribution in [3.8, 4) is 0 Å². The fourth-order valence-electron chi connectivity index (χ4n) is 4.10. The van der Waals surface area contributed by atoms with Crippen LogP contribution in [0.4, 0.5) is 0 Å². The van der Waals surface area contributed by atoms with E-state index in [-0.39, 0.29) is 23.2 Å². The standard InChI is InChI=1S/C17H21NO4/c1-3-4-5-8-11(19)13-14(20)12-10-7-6-9-18(10)15(13)17(2,22)16(12)21/h3-5,8,10,12,15,19,22H,6-7,9H2,1-2H3/b4-3+,8-5+,13-11+/t10-,12?,15?,17-/m1/s1. The summed E-state index contributed by atoms with van der Waals surface area (Å²) in [7, 11) is 0. The number of allylic oxidation sites excluding steroid dienone is 4. The van der Waals surface area contributed by atoms with Gasteiger partial charge in [0.15, 0.2) is 11.6 Å². The molecule has 0 aromatic rings. The Hall–Kier alpha value is -1.72. The van der Waals surface area contributed by atoms with Crippen LogP contribution in [0, 0.1) is 5.92 Å². The summed E-state index contributed by atoms with van der Waals surface area (Å²) < 4.78 is 0. The van der Waals surface area contributed by atoms with E-state index in [1.165, 1.54) is 13.0 Å². The molecule has 2 bridgehead atoms. The van der Waals surface area contributed by atoms with E-state index in [0.29, 0.717) is 0 Å². The van der Waals surface area contributed by atoms with E-state index in [1.807, 2.05) is 11.8 Å². The van der Waals surface area contributed by atoms with Crippen molar-refractivity contribution in [2.45, 2.75) is 44.4 Å². The summed E-state index contributed by atoms with van der Waals surface area (Å²) in [5.74, 6) is -1.74. The summed E-state index contributed by atoms with van der Waals surface area (Å²) >= 11 is 0. The number of aliphatic hydroxyl groups excluding tert-OH is 1. The highest BCUT2D eigenvalue weighted by Gasteiger charge is 2.65. The monoisotopic (exact) mass is 303 g/mol. The summed E-state index contributed by atoms with van der Waals surface area (Å²) in [4.78, 5) is 27.1. The van der Waals surface area contributed by atoms with Crippen LogP contribution in [0.2, 0.25) is 0 Å². The predicted octanol–water partition coefficient (Wildman–Crippen LogP) is 1.30. The molecule has 5 heteroatoms. The lowest BCUT2D eigenvalue weighted by atomic mass is 9.63. The highest BCUT2D eigenvalue weighted by atomic mass is 16.3. The number of ketones is 2. The molecule has 4 atom stereocenters. The third-order valence-corrected chi connectivity index (χ3v) is 5.03. The van der Waals surface area contributed by atoms with Gasteiger partial charge in [0.2, 0.25) is 0 Å². The lowest BCUT2D eigenvalue weighted by Gasteiger charge is -2.54. The van der Waals surface area contributed by atoms with Crippen molar-refractivity contribution < 1.29 is 19.8 Å². The van der Waals surface area contributed by atoms with Gasteiger partial charge in [-0.2, -0.15) is 0 Å². The Morgan fingerprint density at radius 1 is 1.36 bits per heavy atom. The van der Waals surface area contributed by atoms with Crippen LogP contribution >= 0.6 is 0 Å². The molecule has 1 saturated carbocycles. The van der Waals surface area contributed by atoms with E-state index in [9.17, 15) is 19.8 Å². The Morgan fingerprint density at radius 3 is 2.77 bits per heavy atom. The van der Waals surface area contributed by atoms with Crippen molar-refractivity contribution in [1.29, 1.82) is 0 Å². The lowest BCUT2D eigenvalue weighted by Crippen LogP contribution is -2.73. The molecule has 3 aliphatic heterocycles. The average molecular weight is 303 g/mol. The number of aliphatic hydroxyl groups is 2. The molecule has 4 rings (SSSR count). The average Bonchev–Trinajstić information content (AvgIpc) is 2.93. The van der Waals surface area contributed by atoms with Gasteiger partial charge in [0.1, 0.15) is 11.4 Å². The van der Waals surface area contributed by atoms with Crippen molar-refractivity contribution in [2.24, 2.45) is 5.92 Å². The van der Waals surface area contributed by atoms with E-state index in [4.69, 9.17) is 0 Å². The third kappa shape index (κ3) is 1.92. The molecule has 118 valence electrons. The number of carbonyl (C=O) groups excluding carboxylic acids is 2. The van der Waals surface area contributed by atoms with Gasteiger partial charge in [0.25, 0.3) is 0 Å². The van der Waals surface area contributed by atoms with Crippen LogP contribution in [-0.4, -0.2) is 50.9 Å². The van der Waals surface area contributed by atoms with Gasteiger partial charge in [-0.3, -0.25) is 14.5 Å². The van der Waals surface area contributed by atoms with Crippen LogP contribution in [0.5, 0.6) is 0 Å². The van der Waals surface area contributed by atoms with Crippen molar-refractivity contribution in [3.05, 3.63) is 35.6 Å². The normalized spacial score (nSPS) is 41.0. The fraction of sp³-hybridized carbons (Fsp3) is 0.529. The highest BCUT2D eigenvalue weighted by molar-refractivity contribution is 6.19. The van der Waals surface area contributed by atoms with E-state index in [0.717, 1.165) is 19.4 Å². The number of nitrogens with zero attached hydrogens (tertiary/aromatic N) is 1. The number of Topliss-reactive ketones (excluding diaryl/α,β-unsaturated/α-hetero) is 2. The molecule has 4 fully saturated rings. The second-order valence-electron chi connectivity index (χ2n) is 6.39. The fourth-order valence-corrected chi connectivity index (χ4v) is 4.10. The molecule has 5 nitrogen and oxygen atoms in total. The number of carbonyl (C=O) groups is 2. The van der Waals surface area contributed by atoms with Crippen molar-refractivity contribution in [1.82, 2.24) is 4.90 Å². The number of hydrogen-bond donors (Lipinski definition) is 2. The molecule has 0 aromatic heterocycles. The van der Waals surface area contributed by atoms with Gasteiger partial charge in [-0.1, -0.05) is 18.2 Å². The molecule has 3 saturated heterocycles. The molecular weight excluding hydrogens is 282 g/mol. The number of hydrogen-bond acceptors (Lipinski definition) is 5. The lowest BCUT2D eigenvalue weighted by molar-refractivity contribution is -0.168. The number of piperidine rings is 2. The van der Waals surface area contributed by atoms with E-state index < -0.39 is 23.3 Å². The topological polar surface area (TPSA) is 77.8 Å². The van der Waals surface area contributed by atoms with Crippen LogP contribution in [-0.2, 0) is 9.59 Å². The van der Waals surface area contributed by atoms with Gasteiger partial charge in [-0.15, -0.1) is 0 Å². The van der Waals surface area contributed by atoms with Crippen molar-refractivity contribution >= 4 is 11.6 Å². The minimum atomic E-state index is -1.63. The van der Waals surface area contributed by atoms with Crippen LogP contribution in [0.1, 0.15) is 26.7 Å². The highest BCUT2D eigenvalue weighted by Crippen LogP contribution is 2.48. The van der Waals surface area contributed by atoms with Crippen molar-refractivity contribution in [2.75, 3.05) is 6.54 Å². The van der Waals surface area contributed by atoms with Gasteiger partial charge < -0.3 is 10.2 Å². The first-order valence-electron chi connectivity index (χ1n) is 7.70. The Balaban J connectivity index is 2.11. The molecule has 0 aromatic carbocycles. The third-order valence-electron chi connectivity index (χ3n) is 5.03. The molecule has 3 heterocycles. The zero-order valence-electron chi connectivity index (χ0n) is 12.8. The number of rotatable bonds is 2. The largest absolute Gasteiger partial charge is 0.507 e. The van der Waals surface area contributed by atoms with Gasteiger partial charge in [0.05, 0.1) is 17.5 Å². The van der Waals surface area contributed by atoms with Gasteiger partial charge in [-0.25, -0.2) is 0 Å². The Labute approximate surface area is 129 Å². The summed E-state index contributed by atoms with van der Waals surface area (Å²) in [5, 5.41) is 21.0. The molecular formula is C17H21NO4. The maximum atomic E-state index is 12.7. The van der Waals surface area contributed by atoms with E-state index in [2.05, 4.69) is 0 Å². The maximum absolute atomic E-state index is 12.7. The minimum Gasteiger partial charge on any atom is -0.507 e. The van der Waals surface area contributed by atoms with Crippen LogP contribution in [0.3, 0.4) is 0 Å². The second kappa shape index (κ2) is 5.18. The summed E-state index contributed by atoms with van der Waals surface area (Å²) in [6.07, 6.45) is 8.31. The molecule has 2 N–H and O–H groups in total.